The van der Waals surface area contributed by atoms with Crippen molar-refractivity contribution >= 4 is 28.4 Å². The van der Waals surface area contributed by atoms with Gasteiger partial charge in [-0.15, -0.1) is 0 Å². The van der Waals surface area contributed by atoms with Crippen molar-refractivity contribution in [3.8, 4) is 6.07 Å². The monoisotopic (exact) mass is 448 g/mol. The molecule has 1 saturated carbocycles. The number of nitrogens with zero attached hydrogens (tertiary/aromatic N) is 6. The van der Waals surface area contributed by atoms with Gasteiger partial charge in [0, 0.05) is 29.0 Å². The highest BCUT2D eigenvalue weighted by molar-refractivity contribution is 5.77. The number of rotatable bonds is 4. The Labute approximate surface area is 196 Å². The van der Waals surface area contributed by atoms with Crippen molar-refractivity contribution in [3.63, 3.8) is 0 Å². The van der Waals surface area contributed by atoms with Crippen LogP contribution in [-0.2, 0) is 0 Å². The molecule has 0 spiro atoms. The summed E-state index contributed by atoms with van der Waals surface area (Å²) < 4.78 is 23.0. The number of anilines is 3. The van der Waals surface area contributed by atoms with Crippen molar-refractivity contribution in [2.45, 2.75) is 31.7 Å². The average Bonchev–Trinajstić information content (AvgIpc) is 3.38. The number of nitriles is 1. The summed E-state index contributed by atoms with van der Waals surface area (Å²) in [6.07, 6.45) is 5.47. The molecule has 0 radical (unpaired) electrons. The normalized spacial score (nSPS) is 20.1. The van der Waals surface area contributed by atoms with Gasteiger partial charge in [-0.05, 0) is 43.2 Å². The molecule has 0 amide bonds. The van der Waals surface area contributed by atoms with Gasteiger partial charge < -0.3 is 20.1 Å². The van der Waals surface area contributed by atoms with Gasteiger partial charge in [0.15, 0.2) is 0 Å². The summed E-state index contributed by atoms with van der Waals surface area (Å²) in [7, 11) is 0. The fourth-order valence-corrected chi connectivity index (χ4v) is 4.69. The molecule has 5 rings (SSSR count). The maximum absolute atomic E-state index is 13.0. The van der Waals surface area contributed by atoms with E-state index in [-0.39, 0.29) is 30.3 Å². The Morgan fingerprint density at radius 2 is 1.97 bits per heavy atom. The van der Waals surface area contributed by atoms with Gasteiger partial charge in [0.1, 0.15) is 17.3 Å². The predicted molar refractivity (Wildman–Crippen MR) is 127 cm³/mol. The Bertz CT molecular complexity index is 1370. The van der Waals surface area contributed by atoms with Crippen LogP contribution in [0.5, 0.6) is 0 Å². The van der Waals surface area contributed by atoms with E-state index in [1.807, 2.05) is 35.2 Å². The fraction of sp³-hybridized carbons (Fsp3) is 0.417. The topological polar surface area (TPSA) is 110 Å². The Morgan fingerprint density at radius 3 is 2.64 bits per heavy atom. The number of likely N-dealkylation sites (N-methyl/N-ethyl adjacent to an activating group) is 1. The highest BCUT2D eigenvalue weighted by Crippen LogP contribution is 2.31. The largest absolute Gasteiger partial charge is 0.633 e. The van der Waals surface area contributed by atoms with E-state index < -0.39 is 11.6 Å². The average molecular weight is 449 g/mol. The van der Waals surface area contributed by atoms with E-state index in [0.29, 0.717) is 30.1 Å². The third-order valence-electron chi connectivity index (χ3n) is 6.53. The van der Waals surface area contributed by atoms with Crippen molar-refractivity contribution in [2.75, 3.05) is 43.4 Å². The molecule has 9 heteroatoms. The maximum atomic E-state index is 13.0. The summed E-state index contributed by atoms with van der Waals surface area (Å²) in [4.78, 5) is 24.0. The summed E-state index contributed by atoms with van der Waals surface area (Å²) >= 11 is 0. The molecule has 1 aliphatic heterocycles. The first-order valence-electron chi connectivity index (χ1n) is 12.7. The number of pyridine rings is 1. The summed E-state index contributed by atoms with van der Waals surface area (Å²) in [5, 5.41) is 25.8. The zero-order chi connectivity index (χ0) is 25.5. The SMILES string of the molecule is [2H]C([2H])([2H])[N+]1([O-])CCN(c2ccc(Nc3ncc4cc(C#N)c(=O)n(C5CCCC5)c4n3)cc2)CC1. The van der Waals surface area contributed by atoms with E-state index in [1.165, 1.54) is 0 Å². The highest BCUT2D eigenvalue weighted by Gasteiger charge is 2.23. The molecule has 2 aliphatic rings. The molecule has 1 saturated heterocycles. The molecule has 2 fully saturated rings. The zero-order valence-electron chi connectivity index (χ0n) is 21.2. The molecule has 3 heterocycles. The van der Waals surface area contributed by atoms with Gasteiger partial charge >= 0.3 is 0 Å². The first-order valence-corrected chi connectivity index (χ1v) is 11.2. The first kappa shape index (κ1) is 18.0. The number of piperazine rings is 1. The molecule has 1 aromatic carbocycles. The van der Waals surface area contributed by atoms with Crippen LogP contribution in [0.25, 0.3) is 11.0 Å². The van der Waals surface area contributed by atoms with Crippen molar-refractivity contribution in [2.24, 2.45) is 0 Å². The molecule has 1 aliphatic carbocycles. The van der Waals surface area contributed by atoms with E-state index in [4.69, 9.17) is 4.11 Å². The lowest BCUT2D eigenvalue weighted by atomic mass is 10.2. The lowest BCUT2D eigenvalue weighted by molar-refractivity contribution is -0.861. The lowest BCUT2D eigenvalue weighted by Gasteiger charge is -2.45. The van der Waals surface area contributed by atoms with Crippen molar-refractivity contribution in [1.29, 1.82) is 5.26 Å². The minimum absolute atomic E-state index is 0.0116. The molecular formula is C24H27N7O2. The van der Waals surface area contributed by atoms with E-state index in [2.05, 4.69) is 15.3 Å². The van der Waals surface area contributed by atoms with Gasteiger partial charge in [-0.1, -0.05) is 12.8 Å². The van der Waals surface area contributed by atoms with Crippen molar-refractivity contribution < 1.29 is 8.76 Å². The van der Waals surface area contributed by atoms with E-state index in [9.17, 15) is 15.3 Å². The Hall–Kier alpha value is -3.48. The number of nitrogens with one attached hydrogen (secondary N) is 1. The van der Waals surface area contributed by atoms with Crippen LogP contribution in [0, 0.1) is 16.5 Å². The summed E-state index contributed by atoms with van der Waals surface area (Å²) in [6, 6.07) is 11.1. The van der Waals surface area contributed by atoms with Crippen LogP contribution in [0.3, 0.4) is 0 Å². The number of aromatic nitrogens is 3. The van der Waals surface area contributed by atoms with Gasteiger partial charge in [-0.2, -0.15) is 10.2 Å². The summed E-state index contributed by atoms with van der Waals surface area (Å²) in [6.45, 7) is -1.80. The third-order valence-corrected chi connectivity index (χ3v) is 6.53. The van der Waals surface area contributed by atoms with E-state index >= 15 is 0 Å². The number of hydrogen-bond acceptors (Lipinski definition) is 7. The molecule has 0 atom stereocenters. The van der Waals surface area contributed by atoms with Gasteiger partial charge in [-0.25, -0.2) is 4.98 Å². The smallest absolute Gasteiger partial charge is 0.270 e. The number of quaternary nitrogens is 1. The molecule has 0 bridgehead atoms. The standard InChI is InChI=1S/C24H27N7O2/c1-31(33)12-10-29(11-13-31)20-8-6-19(7-9-20)27-24-26-16-18-14-17(15-25)23(32)30(22(18)28-24)21-4-2-3-5-21/h6-9,14,16,21H,2-5,10-13H2,1H3,(H,26,27,28)/i1D3. The Morgan fingerprint density at radius 1 is 1.24 bits per heavy atom. The number of benzene rings is 1. The highest BCUT2D eigenvalue weighted by atomic mass is 16.5. The maximum Gasteiger partial charge on any atom is 0.270 e. The van der Waals surface area contributed by atoms with Gasteiger partial charge in [0.25, 0.3) is 5.56 Å². The van der Waals surface area contributed by atoms with Gasteiger partial charge in [0.2, 0.25) is 5.95 Å². The van der Waals surface area contributed by atoms with Crippen LogP contribution in [0.4, 0.5) is 17.3 Å². The predicted octanol–water partition coefficient (Wildman–Crippen LogP) is 3.29. The van der Waals surface area contributed by atoms with Crippen LogP contribution in [-0.4, -0.2) is 52.3 Å². The molecule has 1 N–H and O–H groups in total. The first-order chi connectivity index (χ1) is 17.2. The molecule has 0 unspecified atom stereocenters. The second-order valence-electron chi connectivity index (χ2n) is 8.75. The van der Waals surface area contributed by atoms with Crippen LogP contribution in [0.1, 0.15) is 41.4 Å². The fourth-order valence-electron chi connectivity index (χ4n) is 4.69. The number of fused-ring (bicyclic) bond motifs is 1. The van der Waals surface area contributed by atoms with Crippen molar-refractivity contribution in [3.05, 3.63) is 57.7 Å². The zero-order valence-corrected chi connectivity index (χ0v) is 18.2. The van der Waals surface area contributed by atoms with E-state index in [0.717, 1.165) is 37.1 Å². The molecule has 2 aromatic heterocycles. The second-order valence-corrected chi connectivity index (χ2v) is 8.75. The van der Waals surface area contributed by atoms with Crippen molar-refractivity contribution in [1.82, 2.24) is 14.5 Å². The third kappa shape index (κ3) is 4.27. The van der Waals surface area contributed by atoms with Crippen LogP contribution in [0.15, 0.2) is 41.3 Å². The Kier molecular flexibility index (Phi) is 4.62. The lowest BCUT2D eigenvalue weighted by Crippen LogP contribution is -2.53. The van der Waals surface area contributed by atoms with Gasteiger partial charge in [0.05, 0.1) is 37.3 Å². The number of hydrogen-bond donors (Lipinski definition) is 1. The number of hydroxylamine groups is 3. The molecular weight excluding hydrogens is 418 g/mol. The molecule has 9 nitrogen and oxygen atoms in total. The van der Waals surface area contributed by atoms with Crippen LogP contribution >= 0.6 is 0 Å². The summed E-state index contributed by atoms with van der Waals surface area (Å²) in [5.74, 6) is 0.343. The quantitative estimate of drug-likeness (QED) is 0.482. The summed E-state index contributed by atoms with van der Waals surface area (Å²) in [5.41, 5.74) is 1.94. The molecule has 33 heavy (non-hydrogen) atoms. The molecule has 170 valence electrons. The minimum atomic E-state index is -2.56. The van der Waals surface area contributed by atoms with Crippen LogP contribution < -0.4 is 15.8 Å². The van der Waals surface area contributed by atoms with E-state index in [1.54, 1.807) is 16.8 Å². The van der Waals surface area contributed by atoms with Crippen LogP contribution in [0.2, 0.25) is 0 Å². The second kappa shape index (κ2) is 8.46. The Balaban J connectivity index is 1.36. The minimum Gasteiger partial charge on any atom is -0.633 e. The molecule has 3 aromatic rings. The van der Waals surface area contributed by atoms with Gasteiger partial charge in [-0.3, -0.25) is 9.36 Å².